The summed E-state index contributed by atoms with van der Waals surface area (Å²) in [5.74, 6) is -0.354. The number of thiophene rings is 1. The van der Waals surface area contributed by atoms with Crippen LogP contribution in [0.1, 0.15) is 31.3 Å². The predicted octanol–water partition coefficient (Wildman–Crippen LogP) is 2.80. The van der Waals surface area contributed by atoms with Gasteiger partial charge in [-0.1, -0.05) is 17.7 Å². The molecule has 0 aliphatic carbocycles. The number of hydrogen-bond donors (Lipinski definition) is 2. The van der Waals surface area contributed by atoms with Gasteiger partial charge in [0.15, 0.2) is 0 Å². The molecule has 1 aromatic carbocycles. The van der Waals surface area contributed by atoms with E-state index >= 15 is 0 Å². The van der Waals surface area contributed by atoms with Gasteiger partial charge in [-0.3, -0.25) is 9.59 Å². The second-order valence-electron chi connectivity index (χ2n) is 6.83. The lowest BCUT2D eigenvalue weighted by molar-refractivity contribution is 0.0543. The molecule has 4 rings (SSSR count). The van der Waals surface area contributed by atoms with Crippen molar-refractivity contribution >= 4 is 50.7 Å². The molecule has 0 saturated carbocycles. The Bertz CT molecular complexity index is 1110. The Balaban J connectivity index is 1.43. The molecule has 7 nitrogen and oxygen atoms in total. The molecule has 1 fully saturated rings. The largest absolute Gasteiger partial charge is 0.397 e. The zero-order chi connectivity index (χ0) is 20.0. The van der Waals surface area contributed by atoms with E-state index in [1.54, 1.807) is 29.2 Å². The van der Waals surface area contributed by atoms with Crippen molar-refractivity contribution in [3.63, 3.8) is 0 Å². The first-order chi connectivity index (χ1) is 13.3. The van der Waals surface area contributed by atoms with E-state index in [2.05, 4.69) is 15.5 Å². The highest BCUT2D eigenvalue weighted by Gasteiger charge is 2.33. The van der Waals surface area contributed by atoms with E-state index in [4.69, 9.17) is 17.3 Å². The standard InChI is InChI=1S/C19H18ClN5O2S/c1-9-10(2)23-24-18-14(9)15(21)16(28-18)17(26)22-13-7-25(8-13)19(27)11-4-3-5-12(20)6-11/h3-6,13H,7-8,21H2,1-2H3,(H,22,26). The Morgan fingerprint density at radius 3 is 2.75 bits per heavy atom. The average Bonchev–Trinajstić information content (AvgIpc) is 2.97. The SMILES string of the molecule is Cc1nnc2sc(C(=O)NC3CN(C(=O)c4cccc(Cl)c4)C3)c(N)c2c1C. The van der Waals surface area contributed by atoms with Gasteiger partial charge in [0.1, 0.15) is 9.71 Å². The molecule has 9 heteroatoms. The van der Waals surface area contributed by atoms with Crippen LogP contribution in [0.3, 0.4) is 0 Å². The first-order valence-electron chi connectivity index (χ1n) is 8.72. The quantitative estimate of drug-likeness (QED) is 0.684. The minimum absolute atomic E-state index is 0.101. The molecule has 1 saturated heterocycles. The maximum absolute atomic E-state index is 12.7. The number of aryl methyl sites for hydroxylation is 2. The van der Waals surface area contributed by atoms with Crippen molar-refractivity contribution < 1.29 is 9.59 Å². The molecule has 3 aromatic rings. The van der Waals surface area contributed by atoms with Crippen molar-refractivity contribution in [2.45, 2.75) is 19.9 Å². The number of amides is 2. The van der Waals surface area contributed by atoms with Crippen molar-refractivity contribution in [1.82, 2.24) is 20.4 Å². The monoisotopic (exact) mass is 415 g/mol. The van der Waals surface area contributed by atoms with Crippen LogP contribution < -0.4 is 11.1 Å². The fourth-order valence-electron chi connectivity index (χ4n) is 3.20. The van der Waals surface area contributed by atoms with Crippen LogP contribution in [0.4, 0.5) is 5.69 Å². The summed E-state index contributed by atoms with van der Waals surface area (Å²) in [7, 11) is 0. The van der Waals surface area contributed by atoms with Gasteiger partial charge in [0, 0.05) is 29.1 Å². The zero-order valence-corrected chi connectivity index (χ0v) is 16.9. The van der Waals surface area contributed by atoms with Gasteiger partial charge < -0.3 is 16.0 Å². The molecule has 3 heterocycles. The molecule has 28 heavy (non-hydrogen) atoms. The number of carbonyl (C=O) groups is 2. The molecular weight excluding hydrogens is 398 g/mol. The van der Waals surface area contributed by atoms with Gasteiger partial charge in [-0.05, 0) is 37.6 Å². The lowest BCUT2D eigenvalue weighted by atomic mass is 10.1. The maximum Gasteiger partial charge on any atom is 0.263 e. The third-order valence-electron chi connectivity index (χ3n) is 4.92. The topological polar surface area (TPSA) is 101 Å². The Kier molecular flexibility index (Phi) is 4.68. The first kappa shape index (κ1) is 18.6. The molecule has 0 spiro atoms. The highest BCUT2D eigenvalue weighted by atomic mass is 35.5. The fraction of sp³-hybridized carbons (Fsp3) is 0.263. The van der Waals surface area contributed by atoms with Crippen LogP contribution in [0.2, 0.25) is 5.02 Å². The van der Waals surface area contributed by atoms with Crippen LogP contribution in [-0.2, 0) is 0 Å². The number of benzene rings is 1. The Labute approximate surface area is 170 Å². The number of likely N-dealkylation sites (tertiary alicyclic amines) is 1. The van der Waals surface area contributed by atoms with Crippen LogP contribution >= 0.6 is 22.9 Å². The van der Waals surface area contributed by atoms with Gasteiger partial charge in [-0.25, -0.2) is 0 Å². The number of nitrogens with two attached hydrogens (primary N) is 1. The highest BCUT2D eigenvalue weighted by Crippen LogP contribution is 2.35. The molecule has 144 valence electrons. The normalized spacial score (nSPS) is 14.2. The number of hydrogen-bond acceptors (Lipinski definition) is 6. The number of anilines is 1. The Hall–Kier alpha value is -2.71. The van der Waals surface area contributed by atoms with Gasteiger partial charge >= 0.3 is 0 Å². The summed E-state index contributed by atoms with van der Waals surface area (Å²) in [6.07, 6.45) is 0. The molecule has 0 atom stereocenters. The molecule has 1 aliphatic rings. The maximum atomic E-state index is 12.7. The smallest absolute Gasteiger partial charge is 0.263 e. The van der Waals surface area contributed by atoms with Crippen LogP contribution in [0, 0.1) is 13.8 Å². The summed E-state index contributed by atoms with van der Waals surface area (Å²) >= 11 is 7.17. The zero-order valence-electron chi connectivity index (χ0n) is 15.3. The van der Waals surface area contributed by atoms with Crippen molar-refractivity contribution in [2.24, 2.45) is 0 Å². The van der Waals surface area contributed by atoms with Crippen LogP contribution in [0.15, 0.2) is 24.3 Å². The third-order valence-corrected chi connectivity index (χ3v) is 6.24. The van der Waals surface area contributed by atoms with E-state index in [0.29, 0.717) is 39.1 Å². The average molecular weight is 416 g/mol. The molecule has 1 aliphatic heterocycles. The van der Waals surface area contributed by atoms with Gasteiger partial charge in [-0.15, -0.1) is 16.4 Å². The Morgan fingerprint density at radius 2 is 2.04 bits per heavy atom. The molecule has 2 amide bonds. The second kappa shape index (κ2) is 7.03. The number of carbonyl (C=O) groups excluding carboxylic acids is 2. The van der Waals surface area contributed by atoms with Crippen LogP contribution in [0.25, 0.3) is 10.2 Å². The van der Waals surface area contributed by atoms with Crippen molar-refractivity contribution in [3.8, 4) is 0 Å². The fourth-order valence-corrected chi connectivity index (χ4v) is 4.39. The molecule has 3 N–H and O–H groups in total. The van der Waals surface area contributed by atoms with Crippen LogP contribution in [0.5, 0.6) is 0 Å². The van der Waals surface area contributed by atoms with Crippen molar-refractivity contribution in [1.29, 1.82) is 0 Å². The van der Waals surface area contributed by atoms with E-state index in [-0.39, 0.29) is 17.9 Å². The number of nitrogens with zero attached hydrogens (tertiary/aromatic N) is 3. The molecule has 2 aromatic heterocycles. The number of rotatable bonds is 3. The Morgan fingerprint density at radius 1 is 1.29 bits per heavy atom. The first-order valence-corrected chi connectivity index (χ1v) is 9.92. The lowest BCUT2D eigenvalue weighted by Gasteiger charge is -2.39. The van der Waals surface area contributed by atoms with Gasteiger partial charge in [0.25, 0.3) is 11.8 Å². The number of nitrogens with one attached hydrogen (secondary N) is 1. The molecule has 0 radical (unpaired) electrons. The van der Waals surface area contributed by atoms with E-state index in [1.807, 2.05) is 13.8 Å². The second-order valence-corrected chi connectivity index (χ2v) is 8.26. The van der Waals surface area contributed by atoms with E-state index in [1.165, 1.54) is 11.3 Å². The lowest BCUT2D eigenvalue weighted by Crippen LogP contribution is -2.60. The van der Waals surface area contributed by atoms with E-state index in [9.17, 15) is 9.59 Å². The summed E-state index contributed by atoms with van der Waals surface area (Å²) in [5, 5.41) is 12.5. The number of halogens is 1. The van der Waals surface area contributed by atoms with Gasteiger partial charge in [0.2, 0.25) is 0 Å². The number of fused-ring (bicyclic) bond motifs is 1. The summed E-state index contributed by atoms with van der Waals surface area (Å²) in [6, 6.07) is 6.71. The third kappa shape index (κ3) is 3.18. The molecule has 0 unspecified atom stereocenters. The van der Waals surface area contributed by atoms with Crippen molar-refractivity contribution in [2.75, 3.05) is 18.8 Å². The number of aromatic nitrogens is 2. The van der Waals surface area contributed by atoms with Crippen LogP contribution in [-0.4, -0.2) is 46.0 Å². The minimum atomic E-state index is -0.252. The molecule has 0 bridgehead atoms. The van der Waals surface area contributed by atoms with E-state index in [0.717, 1.165) is 16.6 Å². The summed E-state index contributed by atoms with van der Waals surface area (Å²) < 4.78 is 0. The van der Waals surface area contributed by atoms with E-state index < -0.39 is 0 Å². The van der Waals surface area contributed by atoms with Gasteiger partial charge in [0.05, 0.1) is 17.4 Å². The summed E-state index contributed by atoms with van der Waals surface area (Å²) in [6.45, 7) is 4.67. The predicted molar refractivity (Wildman–Crippen MR) is 110 cm³/mol. The van der Waals surface area contributed by atoms with Gasteiger partial charge in [-0.2, -0.15) is 5.10 Å². The summed E-state index contributed by atoms with van der Waals surface area (Å²) in [5.41, 5.74) is 8.90. The minimum Gasteiger partial charge on any atom is -0.397 e. The van der Waals surface area contributed by atoms with Crippen molar-refractivity contribution in [3.05, 3.63) is 51.0 Å². The summed E-state index contributed by atoms with van der Waals surface area (Å²) in [4.78, 5) is 27.9. The molecular formula is C19H18ClN5O2S. The number of nitrogen functional groups attached to an aromatic ring is 1. The highest BCUT2D eigenvalue weighted by molar-refractivity contribution is 7.21.